The van der Waals surface area contributed by atoms with E-state index in [2.05, 4.69) is 27.7 Å². The Labute approximate surface area is 94.3 Å². The van der Waals surface area contributed by atoms with Gasteiger partial charge in [0.05, 0.1) is 5.60 Å². The Bertz CT molecular complexity index is 215. The van der Waals surface area contributed by atoms with Crippen LogP contribution >= 0.6 is 0 Å². The molecule has 2 aliphatic rings. The van der Waals surface area contributed by atoms with E-state index < -0.39 is 0 Å². The van der Waals surface area contributed by atoms with Crippen molar-refractivity contribution in [2.45, 2.75) is 59.0 Å². The minimum Gasteiger partial charge on any atom is -0.390 e. The third-order valence-electron chi connectivity index (χ3n) is 5.61. The zero-order chi connectivity index (χ0) is 11.2. The highest BCUT2D eigenvalue weighted by Gasteiger charge is 2.50. The molecule has 15 heavy (non-hydrogen) atoms. The average Bonchev–Trinajstić information content (AvgIpc) is 2.19. The summed E-state index contributed by atoms with van der Waals surface area (Å²) in [5.74, 6) is 3.53. The van der Waals surface area contributed by atoms with Crippen LogP contribution in [0.25, 0.3) is 0 Å². The van der Waals surface area contributed by atoms with Crippen LogP contribution in [0.1, 0.15) is 53.4 Å². The molecule has 1 nitrogen and oxygen atoms in total. The van der Waals surface area contributed by atoms with Gasteiger partial charge in [-0.05, 0) is 55.3 Å². The maximum absolute atomic E-state index is 10.8. The fraction of sp³-hybridized carbons (Fsp3) is 1.00. The van der Waals surface area contributed by atoms with Gasteiger partial charge in [-0.1, -0.05) is 27.7 Å². The van der Waals surface area contributed by atoms with Gasteiger partial charge >= 0.3 is 0 Å². The summed E-state index contributed by atoms with van der Waals surface area (Å²) in [6.45, 7) is 9.43. The SMILES string of the molecule is CC1CCC2(O)CCC(C)C(C)C2C1C. The van der Waals surface area contributed by atoms with E-state index in [1.54, 1.807) is 0 Å². The van der Waals surface area contributed by atoms with E-state index in [1.165, 1.54) is 12.8 Å². The van der Waals surface area contributed by atoms with E-state index in [0.29, 0.717) is 17.8 Å². The van der Waals surface area contributed by atoms with Crippen molar-refractivity contribution < 1.29 is 5.11 Å². The van der Waals surface area contributed by atoms with Crippen molar-refractivity contribution in [2.24, 2.45) is 29.6 Å². The van der Waals surface area contributed by atoms with Gasteiger partial charge < -0.3 is 5.11 Å². The molecule has 2 rings (SSSR count). The quantitative estimate of drug-likeness (QED) is 0.649. The summed E-state index contributed by atoms with van der Waals surface area (Å²) in [7, 11) is 0. The summed E-state index contributed by atoms with van der Waals surface area (Å²) in [5.41, 5.74) is -0.322. The standard InChI is InChI=1S/C14H26O/c1-9-5-7-14(15)8-6-10(2)12(4)13(14)11(9)3/h9-13,15H,5-8H2,1-4H3. The van der Waals surface area contributed by atoms with Crippen molar-refractivity contribution >= 4 is 0 Å². The van der Waals surface area contributed by atoms with E-state index in [-0.39, 0.29) is 5.60 Å². The lowest BCUT2D eigenvalue weighted by Gasteiger charge is -2.54. The average molecular weight is 210 g/mol. The second-order valence-corrected chi connectivity index (χ2v) is 6.38. The molecule has 0 heterocycles. The molecule has 0 aliphatic heterocycles. The topological polar surface area (TPSA) is 20.2 Å². The second-order valence-electron chi connectivity index (χ2n) is 6.38. The van der Waals surface area contributed by atoms with Gasteiger partial charge in [-0.25, -0.2) is 0 Å². The molecular weight excluding hydrogens is 184 g/mol. The summed E-state index contributed by atoms with van der Waals surface area (Å²) in [4.78, 5) is 0. The Hall–Kier alpha value is -0.0400. The fourth-order valence-corrected chi connectivity index (χ4v) is 4.10. The molecule has 0 aromatic carbocycles. The predicted molar refractivity (Wildman–Crippen MR) is 63.6 cm³/mol. The van der Waals surface area contributed by atoms with E-state index in [4.69, 9.17) is 0 Å². The van der Waals surface area contributed by atoms with Crippen LogP contribution in [-0.4, -0.2) is 10.7 Å². The lowest BCUT2D eigenvalue weighted by molar-refractivity contribution is -0.143. The van der Waals surface area contributed by atoms with Crippen LogP contribution in [0.5, 0.6) is 0 Å². The van der Waals surface area contributed by atoms with Crippen molar-refractivity contribution in [1.82, 2.24) is 0 Å². The van der Waals surface area contributed by atoms with Crippen molar-refractivity contribution in [1.29, 1.82) is 0 Å². The minimum absolute atomic E-state index is 0.322. The van der Waals surface area contributed by atoms with Crippen molar-refractivity contribution in [2.75, 3.05) is 0 Å². The van der Waals surface area contributed by atoms with Gasteiger partial charge in [-0.3, -0.25) is 0 Å². The van der Waals surface area contributed by atoms with E-state index in [9.17, 15) is 5.11 Å². The monoisotopic (exact) mass is 210 g/mol. The molecule has 2 aliphatic carbocycles. The molecule has 0 aromatic heterocycles. The molecule has 0 bridgehead atoms. The third-order valence-corrected chi connectivity index (χ3v) is 5.61. The summed E-state index contributed by atoms with van der Waals surface area (Å²) in [6, 6.07) is 0. The van der Waals surface area contributed by atoms with Crippen LogP contribution in [0.3, 0.4) is 0 Å². The molecule has 0 amide bonds. The number of rotatable bonds is 0. The van der Waals surface area contributed by atoms with E-state index >= 15 is 0 Å². The van der Waals surface area contributed by atoms with E-state index in [1.807, 2.05) is 0 Å². The van der Waals surface area contributed by atoms with Gasteiger partial charge in [-0.15, -0.1) is 0 Å². The largest absolute Gasteiger partial charge is 0.390 e. The van der Waals surface area contributed by atoms with Crippen LogP contribution in [0.4, 0.5) is 0 Å². The third kappa shape index (κ3) is 1.73. The minimum atomic E-state index is -0.322. The van der Waals surface area contributed by atoms with Gasteiger partial charge in [0.1, 0.15) is 0 Å². The Morgan fingerprint density at radius 3 is 1.67 bits per heavy atom. The summed E-state index contributed by atoms with van der Waals surface area (Å²) in [5, 5.41) is 10.8. The highest BCUT2D eigenvalue weighted by molar-refractivity contribution is 5.01. The molecule has 4 unspecified atom stereocenters. The second kappa shape index (κ2) is 3.76. The van der Waals surface area contributed by atoms with Crippen molar-refractivity contribution in [3.8, 4) is 0 Å². The highest BCUT2D eigenvalue weighted by Crippen LogP contribution is 2.52. The predicted octanol–water partition coefficient (Wildman–Crippen LogP) is 3.47. The molecule has 2 saturated carbocycles. The lowest BCUT2D eigenvalue weighted by Crippen LogP contribution is -2.54. The summed E-state index contributed by atoms with van der Waals surface area (Å²) < 4.78 is 0. The zero-order valence-electron chi connectivity index (χ0n) is 10.7. The summed E-state index contributed by atoms with van der Waals surface area (Å²) >= 11 is 0. The fourth-order valence-electron chi connectivity index (χ4n) is 4.10. The normalized spacial score (nSPS) is 56.2. The lowest BCUT2D eigenvalue weighted by atomic mass is 9.54. The molecule has 1 heteroatoms. The maximum atomic E-state index is 10.8. The van der Waals surface area contributed by atoms with Crippen LogP contribution in [-0.2, 0) is 0 Å². The highest BCUT2D eigenvalue weighted by atomic mass is 16.3. The Morgan fingerprint density at radius 1 is 0.867 bits per heavy atom. The molecule has 88 valence electrons. The molecular formula is C14H26O. The van der Waals surface area contributed by atoms with Crippen molar-refractivity contribution in [3.05, 3.63) is 0 Å². The molecule has 0 saturated heterocycles. The first kappa shape index (κ1) is 11.4. The van der Waals surface area contributed by atoms with Gasteiger partial charge in [0.25, 0.3) is 0 Å². The van der Waals surface area contributed by atoms with Gasteiger partial charge in [0, 0.05) is 0 Å². The van der Waals surface area contributed by atoms with Crippen LogP contribution in [0.2, 0.25) is 0 Å². The first-order valence-electron chi connectivity index (χ1n) is 6.68. The van der Waals surface area contributed by atoms with Gasteiger partial charge in [0.15, 0.2) is 0 Å². The number of hydrogen-bond donors (Lipinski definition) is 1. The zero-order valence-corrected chi connectivity index (χ0v) is 10.7. The number of aliphatic hydroxyl groups is 1. The summed E-state index contributed by atoms with van der Waals surface area (Å²) in [6.07, 6.45) is 4.52. The number of fused-ring (bicyclic) bond motifs is 1. The first-order valence-corrected chi connectivity index (χ1v) is 6.68. The van der Waals surface area contributed by atoms with E-state index in [0.717, 1.165) is 24.7 Å². The Morgan fingerprint density at radius 2 is 1.27 bits per heavy atom. The Balaban J connectivity index is 2.25. The molecule has 0 aromatic rings. The number of hydrogen-bond acceptors (Lipinski definition) is 1. The Kier molecular flexibility index (Phi) is 2.87. The van der Waals surface area contributed by atoms with Crippen LogP contribution < -0.4 is 0 Å². The molecule has 0 radical (unpaired) electrons. The molecule has 4 atom stereocenters. The molecule has 1 N–H and O–H groups in total. The first-order chi connectivity index (χ1) is 6.96. The smallest absolute Gasteiger partial charge is 0.0681 e. The van der Waals surface area contributed by atoms with Gasteiger partial charge in [0.2, 0.25) is 0 Å². The van der Waals surface area contributed by atoms with Crippen LogP contribution in [0, 0.1) is 29.6 Å². The van der Waals surface area contributed by atoms with Gasteiger partial charge in [-0.2, -0.15) is 0 Å². The van der Waals surface area contributed by atoms with Crippen LogP contribution in [0.15, 0.2) is 0 Å². The van der Waals surface area contributed by atoms with Crippen molar-refractivity contribution in [3.63, 3.8) is 0 Å². The maximum Gasteiger partial charge on any atom is 0.0681 e. The molecule has 2 fully saturated rings. The molecule has 0 spiro atoms.